The average Bonchev–Trinajstić information content (AvgIpc) is 0.811. The summed E-state index contributed by atoms with van der Waals surface area (Å²) in [6.07, 6.45) is 0. The van der Waals surface area contributed by atoms with E-state index in [-0.39, 0.29) is 104 Å². The second-order valence-corrected chi connectivity index (χ2v) is 0.238. The van der Waals surface area contributed by atoms with Gasteiger partial charge in [0.15, 0.2) is 0 Å². The van der Waals surface area contributed by atoms with Gasteiger partial charge in [-0.3, -0.25) is 0 Å². The van der Waals surface area contributed by atoms with E-state index < -0.39 is 5.09 Å². The summed E-state index contributed by atoms with van der Waals surface area (Å²) >= 11 is 0. The van der Waals surface area contributed by atoms with Gasteiger partial charge in [-0.2, -0.15) is 0 Å². The minimum Gasteiger partial charge on any atom is -1.00 e. The van der Waals surface area contributed by atoms with Gasteiger partial charge in [0.25, 0.3) is 5.09 Å². The molecule has 0 saturated carbocycles. The van der Waals surface area contributed by atoms with E-state index in [2.05, 4.69) is 0 Å². The number of nitrogens with zero attached hydrogens (tertiary/aromatic N) is 1. The van der Waals surface area contributed by atoms with Crippen molar-refractivity contribution in [3.05, 3.63) is 10.1 Å². The molecule has 0 radical (unpaired) electrons. The first-order valence-corrected chi connectivity index (χ1v) is 0.565. The molecule has 0 heterocycles. The van der Waals surface area contributed by atoms with Crippen LogP contribution in [0, 0.1) is 10.1 Å². The Bertz CT molecular complexity index is 46.7. The molecule has 0 bridgehead atoms. The number of rotatable bonds is 0. The van der Waals surface area contributed by atoms with Gasteiger partial charge in [0, 0.05) is 0 Å². The van der Waals surface area contributed by atoms with E-state index in [4.69, 9.17) is 15.3 Å². The summed E-state index contributed by atoms with van der Waals surface area (Å²) in [5.41, 5.74) is 0. The second-order valence-electron chi connectivity index (χ2n) is 0.238. The van der Waals surface area contributed by atoms with Gasteiger partial charge in [0.1, 0.15) is 0 Å². The summed E-state index contributed by atoms with van der Waals surface area (Å²) in [6, 6.07) is 0. The Hall–Kier alpha value is 2.43. The monoisotopic (exact) mass is 135 g/mol. The van der Waals surface area contributed by atoms with Crippen molar-refractivity contribution in [1.29, 1.82) is 0 Å². The summed E-state index contributed by atoms with van der Waals surface area (Å²) in [7, 11) is 0. The van der Waals surface area contributed by atoms with Gasteiger partial charge in [0.05, 0.1) is 0 Å². The second kappa shape index (κ2) is 15.8. The quantitative estimate of drug-likeness (QED) is 0.204. The van der Waals surface area contributed by atoms with E-state index in [1.807, 2.05) is 0 Å². The van der Waals surface area contributed by atoms with Crippen molar-refractivity contribution in [3.8, 4) is 0 Å². The SMILES string of the molecule is O=[N+]([O-])O.[H-].[H-].[H-].[K+].[Li+].[Na+]. The van der Waals surface area contributed by atoms with Crippen LogP contribution in [0.5, 0.6) is 0 Å². The van der Waals surface area contributed by atoms with E-state index in [1.165, 1.54) is 0 Å². The summed E-state index contributed by atoms with van der Waals surface area (Å²) < 4.78 is 0. The molecule has 0 aromatic carbocycles. The van der Waals surface area contributed by atoms with Gasteiger partial charge in [-0.15, -0.1) is 10.1 Å². The van der Waals surface area contributed by atoms with Crippen molar-refractivity contribution in [2.75, 3.05) is 0 Å². The van der Waals surface area contributed by atoms with Crippen LogP contribution in [0.15, 0.2) is 0 Å². The third kappa shape index (κ3) is 58.9. The van der Waals surface area contributed by atoms with Crippen LogP contribution in [0.25, 0.3) is 0 Å². The van der Waals surface area contributed by atoms with Crippen LogP contribution in [0.2, 0.25) is 0 Å². The topological polar surface area (TPSA) is 63.4 Å². The van der Waals surface area contributed by atoms with E-state index in [9.17, 15) is 0 Å². The minimum atomic E-state index is -1.50. The molecule has 7 heteroatoms. The average molecular weight is 135 g/mol. The zero-order chi connectivity index (χ0) is 3.58. The third-order valence-corrected chi connectivity index (χ3v) is 0. The van der Waals surface area contributed by atoms with Crippen molar-refractivity contribution in [2.24, 2.45) is 0 Å². The van der Waals surface area contributed by atoms with Crippen molar-refractivity contribution < 1.29 is 114 Å². The Morgan fingerprint density at radius 3 is 1.71 bits per heavy atom. The maximum Gasteiger partial charge on any atom is 1.00 e. The Morgan fingerprint density at radius 1 is 1.71 bits per heavy atom. The molecule has 0 spiro atoms. The summed E-state index contributed by atoms with van der Waals surface area (Å²) in [5, 5.41) is 13.6. The number of hydrogen-bond donors (Lipinski definition) is 1. The summed E-state index contributed by atoms with van der Waals surface area (Å²) in [6.45, 7) is 0. The summed E-state index contributed by atoms with van der Waals surface area (Å²) in [4.78, 5) is 8.36. The maximum atomic E-state index is 8.36. The zero-order valence-electron chi connectivity index (χ0n) is 7.71. The molecule has 0 atom stereocenters. The fraction of sp³-hybridized carbons (Fsp3) is 0. The Morgan fingerprint density at radius 2 is 1.71 bits per heavy atom. The molecule has 1 N–H and O–H groups in total. The van der Waals surface area contributed by atoms with E-state index >= 15 is 0 Å². The van der Waals surface area contributed by atoms with Crippen LogP contribution in [-0.4, -0.2) is 10.3 Å². The van der Waals surface area contributed by atoms with Gasteiger partial charge in [0.2, 0.25) is 0 Å². The molecular weight excluding hydrogens is 131 g/mol. The molecule has 0 aliphatic rings. The van der Waals surface area contributed by atoms with E-state index in [1.54, 1.807) is 0 Å². The molecule has 0 amide bonds. The fourth-order valence-electron chi connectivity index (χ4n) is 0. The van der Waals surface area contributed by atoms with E-state index in [0.717, 1.165) is 0 Å². The predicted octanol–water partition coefficient (Wildman–Crippen LogP) is -9.00. The van der Waals surface area contributed by atoms with Crippen molar-refractivity contribution in [1.82, 2.24) is 0 Å². The van der Waals surface area contributed by atoms with Crippen molar-refractivity contribution in [2.45, 2.75) is 0 Å². The molecule has 0 aromatic rings. The summed E-state index contributed by atoms with van der Waals surface area (Å²) in [5.74, 6) is 0. The molecule has 7 heavy (non-hydrogen) atoms. The van der Waals surface area contributed by atoms with Gasteiger partial charge in [-0.05, 0) is 0 Å². The third-order valence-electron chi connectivity index (χ3n) is 0. The molecule has 0 fully saturated rings. The number of hydrogen-bond acceptors (Lipinski definition) is 2. The van der Waals surface area contributed by atoms with Gasteiger partial charge in [-0.1, -0.05) is 0 Å². The van der Waals surface area contributed by atoms with Crippen molar-refractivity contribution >= 4 is 0 Å². The molecule has 4 nitrogen and oxygen atoms in total. The maximum absolute atomic E-state index is 8.36. The first-order valence-electron chi connectivity index (χ1n) is 0.565. The molecule has 0 aliphatic heterocycles. The van der Waals surface area contributed by atoms with Gasteiger partial charge < -0.3 is 9.49 Å². The standard InChI is InChI=1S/K.Li.HNO3.Na.3H/c;;2-1(3)4;;;;/h;;(H,2,3,4);;;;/q2*+1;;+1;3*-1. The van der Waals surface area contributed by atoms with Crippen LogP contribution in [0.3, 0.4) is 0 Å². The molecule has 0 aromatic heterocycles. The Balaban J connectivity index is -0.00000000300. The largest absolute Gasteiger partial charge is 1.00 e. The Kier molecular flexibility index (Phi) is 51.2. The Labute approximate surface area is 122 Å². The molecule has 0 rings (SSSR count). The van der Waals surface area contributed by atoms with Crippen LogP contribution >= 0.6 is 0 Å². The smallest absolute Gasteiger partial charge is 1.00 e. The minimum absolute atomic E-state index is 0. The zero-order valence-corrected chi connectivity index (χ0v) is 9.83. The van der Waals surface area contributed by atoms with Crippen LogP contribution in [-0.2, 0) is 0 Å². The molecule has 30 valence electrons. The van der Waals surface area contributed by atoms with E-state index in [0.29, 0.717) is 0 Å². The van der Waals surface area contributed by atoms with Crippen LogP contribution in [0.1, 0.15) is 4.28 Å². The van der Waals surface area contributed by atoms with Gasteiger partial charge in [-0.25, -0.2) is 0 Å². The van der Waals surface area contributed by atoms with Crippen LogP contribution in [0.4, 0.5) is 0 Å². The molecule has 0 saturated heterocycles. The van der Waals surface area contributed by atoms with Crippen molar-refractivity contribution in [3.63, 3.8) is 0 Å². The fourth-order valence-corrected chi connectivity index (χ4v) is 0. The first-order chi connectivity index (χ1) is 1.73. The normalized spacial score (nSPS) is 3.43. The first kappa shape index (κ1) is 22.7. The molecular formula is H4KLiNNaO3. The molecule has 0 aliphatic carbocycles. The van der Waals surface area contributed by atoms with Gasteiger partial charge >= 0.3 is 99.8 Å². The van der Waals surface area contributed by atoms with Crippen LogP contribution < -0.4 is 99.8 Å². The predicted molar refractivity (Wildman–Crippen MR) is 12.1 cm³/mol. The molecule has 0 unspecified atom stereocenters.